The Bertz CT molecular complexity index is 600. The second kappa shape index (κ2) is 6.95. The van der Waals surface area contributed by atoms with E-state index in [4.69, 9.17) is 14.7 Å². The molecule has 0 fully saturated rings. The molecule has 0 unspecified atom stereocenters. The van der Waals surface area contributed by atoms with Gasteiger partial charge in [0.15, 0.2) is 6.61 Å². The molecule has 0 N–H and O–H groups in total. The van der Waals surface area contributed by atoms with Crippen LogP contribution < -0.4 is 9.47 Å². The lowest BCUT2D eigenvalue weighted by atomic mass is 10.2. The Morgan fingerprint density at radius 3 is 2.35 bits per heavy atom. The minimum Gasteiger partial charge on any atom is -0.482 e. The zero-order chi connectivity index (χ0) is 14.2. The molecule has 0 saturated heterocycles. The first-order chi connectivity index (χ1) is 9.78. The topological polar surface area (TPSA) is 59.3 Å². The van der Waals surface area contributed by atoms with Gasteiger partial charge in [-0.15, -0.1) is 0 Å². The Balaban J connectivity index is 1.84. The van der Waals surface area contributed by atoms with Crippen molar-refractivity contribution in [1.29, 1.82) is 5.26 Å². The summed E-state index contributed by atoms with van der Waals surface area (Å²) in [6.45, 7) is -0.149. The van der Waals surface area contributed by atoms with Gasteiger partial charge in [-0.05, 0) is 29.8 Å². The standard InChI is InChI=1S/C16H13NO3/c17-11-10-13-6-8-15(9-7-13)20-16(18)12-19-14-4-2-1-3-5-14/h1-9H,10,12H2. The van der Waals surface area contributed by atoms with Gasteiger partial charge in [0.2, 0.25) is 0 Å². The Morgan fingerprint density at radius 2 is 1.70 bits per heavy atom. The fourth-order valence-electron chi connectivity index (χ4n) is 1.59. The number of carbonyl (C=O) groups excluding carboxylic acids is 1. The largest absolute Gasteiger partial charge is 0.482 e. The van der Waals surface area contributed by atoms with Gasteiger partial charge in [0, 0.05) is 0 Å². The van der Waals surface area contributed by atoms with E-state index in [-0.39, 0.29) is 6.61 Å². The summed E-state index contributed by atoms with van der Waals surface area (Å²) < 4.78 is 10.4. The molecule has 0 atom stereocenters. The summed E-state index contributed by atoms with van der Waals surface area (Å²) in [5.74, 6) is 0.587. The van der Waals surface area contributed by atoms with Crippen LogP contribution in [0.3, 0.4) is 0 Å². The average Bonchev–Trinajstić information content (AvgIpc) is 2.49. The lowest BCUT2D eigenvalue weighted by Gasteiger charge is -2.06. The molecule has 20 heavy (non-hydrogen) atoms. The number of nitriles is 1. The number of carbonyl (C=O) groups is 1. The number of hydrogen-bond donors (Lipinski definition) is 0. The fraction of sp³-hybridized carbons (Fsp3) is 0.125. The highest BCUT2D eigenvalue weighted by Crippen LogP contribution is 2.13. The summed E-state index contributed by atoms with van der Waals surface area (Å²) in [5.41, 5.74) is 0.882. The van der Waals surface area contributed by atoms with Crippen molar-refractivity contribution >= 4 is 5.97 Å². The van der Waals surface area contributed by atoms with Crippen molar-refractivity contribution in [1.82, 2.24) is 0 Å². The smallest absolute Gasteiger partial charge is 0.349 e. The maximum absolute atomic E-state index is 11.6. The summed E-state index contributed by atoms with van der Waals surface area (Å²) in [4.78, 5) is 11.6. The van der Waals surface area contributed by atoms with E-state index in [1.807, 2.05) is 18.2 Å². The van der Waals surface area contributed by atoms with Gasteiger partial charge >= 0.3 is 5.97 Å². The van der Waals surface area contributed by atoms with Gasteiger partial charge in [0.1, 0.15) is 11.5 Å². The van der Waals surface area contributed by atoms with Gasteiger partial charge < -0.3 is 9.47 Å². The van der Waals surface area contributed by atoms with Crippen molar-refractivity contribution < 1.29 is 14.3 Å². The van der Waals surface area contributed by atoms with E-state index in [1.165, 1.54) is 0 Å². The van der Waals surface area contributed by atoms with Gasteiger partial charge in [-0.3, -0.25) is 0 Å². The van der Waals surface area contributed by atoms with E-state index in [2.05, 4.69) is 6.07 Å². The molecule has 0 heterocycles. The number of esters is 1. The van der Waals surface area contributed by atoms with Gasteiger partial charge in [-0.2, -0.15) is 5.26 Å². The number of ether oxygens (including phenoxy) is 2. The second-order valence-electron chi connectivity index (χ2n) is 4.05. The third-order valence-corrected chi connectivity index (χ3v) is 2.54. The molecular formula is C16H13NO3. The van der Waals surface area contributed by atoms with E-state index in [1.54, 1.807) is 36.4 Å². The monoisotopic (exact) mass is 267 g/mol. The first kappa shape index (κ1) is 13.6. The molecule has 2 aromatic rings. The van der Waals surface area contributed by atoms with Crippen LogP contribution in [0.1, 0.15) is 5.56 Å². The predicted octanol–water partition coefficient (Wildman–Crippen LogP) is 2.74. The molecule has 0 radical (unpaired) electrons. The van der Waals surface area contributed by atoms with E-state index in [0.717, 1.165) is 5.56 Å². The minimum absolute atomic E-state index is 0.149. The van der Waals surface area contributed by atoms with Crippen molar-refractivity contribution in [3.05, 3.63) is 60.2 Å². The first-order valence-corrected chi connectivity index (χ1v) is 6.12. The summed E-state index contributed by atoms with van der Waals surface area (Å²) in [6.07, 6.45) is 0.339. The first-order valence-electron chi connectivity index (χ1n) is 6.12. The molecule has 0 spiro atoms. The zero-order valence-electron chi connectivity index (χ0n) is 10.8. The lowest BCUT2D eigenvalue weighted by molar-refractivity contribution is -0.136. The highest BCUT2D eigenvalue weighted by molar-refractivity contribution is 5.73. The highest BCUT2D eigenvalue weighted by atomic mass is 16.6. The van der Waals surface area contributed by atoms with Crippen LogP contribution in [0.2, 0.25) is 0 Å². The molecule has 4 nitrogen and oxygen atoms in total. The third kappa shape index (κ3) is 4.14. The molecule has 100 valence electrons. The van der Waals surface area contributed by atoms with Crippen LogP contribution in [0.4, 0.5) is 0 Å². The van der Waals surface area contributed by atoms with Crippen LogP contribution >= 0.6 is 0 Å². The zero-order valence-corrected chi connectivity index (χ0v) is 10.8. The lowest BCUT2D eigenvalue weighted by Crippen LogP contribution is -2.17. The number of benzene rings is 2. The molecule has 4 heteroatoms. The molecule has 2 rings (SSSR count). The van der Waals surface area contributed by atoms with Gasteiger partial charge in [0.05, 0.1) is 12.5 Å². The van der Waals surface area contributed by atoms with Gasteiger partial charge in [-0.1, -0.05) is 30.3 Å². The van der Waals surface area contributed by atoms with E-state index < -0.39 is 5.97 Å². The third-order valence-electron chi connectivity index (χ3n) is 2.54. The molecule has 0 amide bonds. The maximum Gasteiger partial charge on any atom is 0.349 e. The van der Waals surface area contributed by atoms with Crippen LogP contribution in [0.5, 0.6) is 11.5 Å². The molecule has 0 aromatic heterocycles. The van der Waals surface area contributed by atoms with Crippen LogP contribution in [0, 0.1) is 11.3 Å². The fourth-order valence-corrected chi connectivity index (χ4v) is 1.59. The maximum atomic E-state index is 11.6. The van der Waals surface area contributed by atoms with E-state index in [0.29, 0.717) is 17.9 Å². The van der Waals surface area contributed by atoms with Gasteiger partial charge in [-0.25, -0.2) is 4.79 Å². The average molecular weight is 267 g/mol. The number of rotatable bonds is 5. The van der Waals surface area contributed by atoms with Crippen molar-refractivity contribution in [3.63, 3.8) is 0 Å². The van der Waals surface area contributed by atoms with Crippen molar-refractivity contribution in [2.24, 2.45) is 0 Å². The summed E-state index contributed by atoms with van der Waals surface area (Å²) >= 11 is 0. The summed E-state index contributed by atoms with van der Waals surface area (Å²) in [6, 6.07) is 17.9. The summed E-state index contributed by atoms with van der Waals surface area (Å²) in [7, 11) is 0. The molecule has 2 aromatic carbocycles. The number of para-hydroxylation sites is 1. The Labute approximate surface area is 117 Å². The molecule has 0 aliphatic heterocycles. The minimum atomic E-state index is -0.470. The van der Waals surface area contributed by atoms with Gasteiger partial charge in [0.25, 0.3) is 0 Å². The van der Waals surface area contributed by atoms with Crippen molar-refractivity contribution in [2.75, 3.05) is 6.61 Å². The SMILES string of the molecule is N#CCc1ccc(OC(=O)COc2ccccc2)cc1. The number of hydrogen-bond acceptors (Lipinski definition) is 4. The predicted molar refractivity (Wildman–Crippen MR) is 73.3 cm³/mol. The molecule has 0 aliphatic rings. The molecular weight excluding hydrogens is 254 g/mol. The second-order valence-corrected chi connectivity index (χ2v) is 4.05. The van der Waals surface area contributed by atoms with Crippen LogP contribution in [0.15, 0.2) is 54.6 Å². The Morgan fingerprint density at radius 1 is 1.00 bits per heavy atom. The van der Waals surface area contributed by atoms with E-state index in [9.17, 15) is 4.79 Å². The van der Waals surface area contributed by atoms with Crippen molar-refractivity contribution in [3.8, 4) is 17.6 Å². The van der Waals surface area contributed by atoms with Crippen LogP contribution in [0.25, 0.3) is 0 Å². The molecule has 0 aliphatic carbocycles. The number of nitrogens with zero attached hydrogens (tertiary/aromatic N) is 1. The Kier molecular flexibility index (Phi) is 4.74. The van der Waals surface area contributed by atoms with E-state index >= 15 is 0 Å². The quantitative estimate of drug-likeness (QED) is 0.617. The highest BCUT2D eigenvalue weighted by Gasteiger charge is 2.06. The molecule has 0 bridgehead atoms. The molecule has 0 saturated carbocycles. The normalized spacial score (nSPS) is 9.55. The Hall–Kier alpha value is -2.80. The van der Waals surface area contributed by atoms with Crippen molar-refractivity contribution in [2.45, 2.75) is 6.42 Å². The van der Waals surface area contributed by atoms with Crippen LogP contribution in [-0.4, -0.2) is 12.6 Å². The summed E-state index contributed by atoms with van der Waals surface area (Å²) in [5, 5.41) is 8.56. The van der Waals surface area contributed by atoms with Crippen LogP contribution in [-0.2, 0) is 11.2 Å².